The smallest absolute Gasteiger partial charge is 0.194 e. The highest BCUT2D eigenvalue weighted by Gasteiger charge is 2.21. The first-order valence-electron chi connectivity index (χ1n) is 6.38. The molecule has 1 aromatic carbocycles. The third-order valence-electron chi connectivity index (χ3n) is 3.14. The van der Waals surface area contributed by atoms with E-state index in [1.165, 1.54) is 0 Å². The van der Waals surface area contributed by atoms with Crippen LogP contribution in [0.2, 0.25) is 0 Å². The van der Waals surface area contributed by atoms with Gasteiger partial charge in [-0.15, -0.1) is 0 Å². The van der Waals surface area contributed by atoms with E-state index in [4.69, 9.17) is 4.74 Å². The normalized spacial score (nSPS) is 14.4. The fourth-order valence-corrected chi connectivity index (χ4v) is 2.09. The molecule has 0 heterocycles. The van der Waals surface area contributed by atoms with Gasteiger partial charge in [-0.2, -0.15) is 0 Å². The number of nitrogens with one attached hydrogen (secondary N) is 1. The molecule has 2 nitrogen and oxygen atoms in total. The summed E-state index contributed by atoms with van der Waals surface area (Å²) in [6.07, 6.45) is 0.745. The Morgan fingerprint density at radius 3 is 2.26 bits per heavy atom. The summed E-state index contributed by atoms with van der Waals surface area (Å²) in [6.45, 7) is 5.09. The van der Waals surface area contributed by atoms with Crippen LogP contribution >= 0.6 is 0 Å². The Bertz CT molecular complexity index is 389. The van der Waals surface area contributed by atoms with Crippen molar-refractivity contribution in [3.8, 4) is 0 Å². The van der Waals surface area contributed by atoms with Gasteiger partial charge in [-0.3, -0.25) is 0 Å². The van der Waals surface area contributed by atoms with Crippen LogP contribution in [0.4, 0.5) is 13.2 Å². The van der Waals surface area contributed by atoms with E-state index < -0.39 is 17.5 Å². The minimum Gasteiger partial charge on any atom is -0.385 e. The van der Waals surface area contributed by atoms with Gasteiger partial charge in [0.1, 0.15) is 0 Å². The van der Waals surface area contributed by atoms with Crippen molar-refractivity contribution < 1.29 is 17.9 Å². The Hall–Kier alpha value is -1.07. The molecule has 1 aromatic rings. The zero-order chi connectivity index (χ0) is 14.4. The molecular formula is C14H20F3NO. The number of ether oxygens (including phenoxy) is 1. The number of benzene rings is 1. The third kappa shape index (κ3) is 4.21. The molecule has 0 saturated heterocycles. The van der Waals surface area contributed by atoms with Crippen molar-refractivity contribution in [2.24, 2.45) is 5.92 Å². The molecule has 0 fully saturated rings. The van der Waals surface area contributed by atoms with E-state index >= 15 is 0 Å². The van der Waals surface area contributed by atoms with Crippen LogP contribution in [0.15, 0.2) is 12.1 Å². The van der Waals surface area contributed by atoms with E-state index in [9.17, 15) is 13.2 Å². The van der Waals surface area contributed by atoms with Crippen LogP contribution in [-0.4, -0.2) is 20.3 Å². The van der Waals surface area contributed by atoms with Gasteiger partial charge >= 0.3 is 0 Å². The minimum absolute atomic E-state index is 0.115. The van der Waals surface area contributed by atoms with Crippen LogP contribution in [0.25, 0.3) is 0 Å². The molecule has 0 radical (unpaired) electrons. The first kappa shape index (κ1) is 16.0. The molecule has 0 bridgehead atoms. The maximum Gasteiger partial charge on any atom is 0.194 e. The number of methoxy groups -OCH3 is 1. The van der Waals surface area contributed by atoms with Gasteiger partial charge in [-0.05, 0) is 36.6 Å². The van der Waals surface area contributed by atoms with E-state index in [-0.39, 0.29) is 12.0 Å². The lowest BCUT2D eigenvalue weighted by atomic mass is 9.92. The van der Waals surface area contributed by atoms with Crippen LogP contribution in [0.3, 0.4) is 0 Å². The summed E-state index contributed by atoms with van der Waals surface area (Å²) in [6, 6.07) is 1.87. The molecule has 0 amide bonds. The molecule has 5 heteroatoms. The summed E-state index contributed by atoms with van der Waals surface area (Å²) in [5.74, 6) is -3.62. The Morgan fingerprint density at radius 1 is 1.21 bits per heavy atom. The molecule has 0 saturated carbocycles. The highest BCUT2D eigenvalue weighted by molar-refractivity contribution is 5.23. The number of hydrogen-bond donors (Lipinski definition) is 1. The maximum atomic E-state index is 13.3. The van der Waals surface area contributed by atoms with E-state index in [1.807, 2.05) is 13.8 Å². The van der Waals surface area contributed by atoms with Crippen molar-refractivity contribution >= 4 is 0 Å². The molecule has 19 heavy (non-hydrogen) atoms. The van der Waals surface area contributed by atoms with Crippen molar-refractivity contribution in [3.05, 3.63) is 35.1 Å². The summed E-state index contributed by atoms with van der Waals surface area (Å²) in [5, 5.41) is 3.17. The lowest BCUT2D eigenvalue weighted by molar-refractivity contribution is 0.170. The Kier molecular flexibility index (Phi) is 6.31. The van der Waals surface area contributed by atoms with Crippen LogP contribution in [0, 0.1) is 23.4 Å². The maximum absolute atomic E-state index is 13.3. The second-order valence-corrected chi connectivity index (χ2v) is 4.59. The van der Waals surface area contributed by atoms with Gasteiger partial charge in [0.05, 0.1) is 0 Å². The molecule has 0 aliphatic rings. The zero-order valence-corrected chi connectivity index (χ0v) is 11.5. The molecule has 1 rings (SSSR count). The molecule has 2 unspecified atom stereocenters. The largest absolute Gasteiger partial charge is 0.385 e. The molecule has 0 spiro atoms. The summed E-state index contributed by atoms with van der Waals surface area (Å²) in [7, 11) is 1.60. The van der Waals surface area contributed by atoms with Gasteiger partial charge in [0, 0.05) is 19.8 Å². The number of halogens is 3. The topological polar surface area (TPSA) is 21.3 Å². The summed E-state index contributed by atoms with van der Waals surface area (Å²) in [4.78, 5) is 0. The van der Waals surface area contributed by atoms with E-state index in [0.717, 1.165) is 18.6 Å². The predicted octanol–water partition coefficient (Wildman–Crippen LogP) is 3.43. The van der Waals surface area contributed by atoms with Crippen molar-refractivity contribution in [2.45, 2.75) is 26.3 Å². The van der Waals surface area contributed by atoms with E-state index in [1.54, 1.807) is 7.11 Å². The minimum atomic E-state index is -1.43. The van der Waals surface area contributed by atoms with Gasteiger partial charge < -0.3 is 10.1 Å². The second-order valence-electron chi connectivity index (χ2n) is 4.59. The third-order valence-corrected chi connectivity index (χ3v) is 3.14. The molecule has 1 N–H and O–H groups in total. The average molecular weight is 275 g/mol. The predicted molar refractivity (Wildman–Crippen MR) is 68.4 cm³/mol. The van der Waals surface area contributed by atoms with Crippen LogP contribution in [-0.2, 0) is 4.74 Å². The van der Waals surface area contributed by atoms with Crippen molar-refractivity contribution in [1.82, 2.24) is 5.32 Å². The Balaban J connectivity index is 2.98. The lowest BCUT2D eigenvalue weighted by Crippen LogP contribution is -2.28. The van der Waals surface area contributed by atoms with Crippen LogP contribution in [0.1, 0.15) is 31.9 Å². The Morgan fingerprint density at radius 2 is 1.79 bits per heavy atom. The highest BCUT2D eigenvalue weighted by atomic mass is 19.2. The van der Waals surface area contributed by atoms with Gasteiger partial charge in [0.15, 0.2) is 17.5 Å². The fraction of sp³-hybridized carbons (Fsp3) is 0.571. The monoisotopic (exact) mass is 275 g/mol. The quantitative estimate of drug-likeness (QED) is 0.770. The van der Waals surface area contributed by atoms with Crippen molar-refractivity contribution in [1.29, 1.82) is 0 Å². The summed E-state index contributed by atoms with van der Waals surface area (Å²) >= 11 is 0. The lowest BCUT2D eigenvalue weighted by Gasteiger charge is -2.25. The number of hydrogen-bond acceptors (Lipinski definition) is 2. The van der Waals surface area contributed by atoms with Crippen LogP contribution in [0.5, 0.6) is 0 Å². The van der Waals surface area contributed by atoms with Gasteiger partial charge in [-0.1, -0.05) is 13.8 Å². The van der Waals surface area contributed by atoms with Gasteiger partial charge in [0.2, 0.25) is 0 Å². The van der Waals surface area contributed by atoms with Crippen molar-refractivity contribution in [2.75, 3.05) is 20.3 Å². The first-order valence-corrected chi connectivity index (χ1v) is 6.38. The van der Waals surface area contributed by atoms with Gasteiger partial charge in [-0.25, -0.2) is 13.2 Å². The zero-order valence-electron chi connectivity index (χ0n) is 11.5. The van der Waals surface area contributed by atoms with E-state index in [2.05, 4.69) is 5.32 Å². The summed E-state index contributed by atoms with van der Waals surface area (Å²) in [5.41, 5.74) is 0.418. The highest BCUT2D eigenvalue weighted by Crippen LogP contribution is 2.27. The second kappa shape index (κ2) is 7.50. The van der Waals surface area contributed by atoms with Gasteiger partial charge in [0.25, 0.3) is 0 Å². The molecule has 108 valence electrons. The van der Waals surface area contributed by atoms with Crippen LogP contribution < -0.4 is 5.32 Å². The molecule has 0 aliphatic carbocycles. The summed E-state index contributed by atoms with van der Waals surface area (Å²) < 4.78 is 44.6. The first-order chi connectivity index (χ1) is 9.01. The molecule has 0 aromatic heterocycles. The standard InChI is InChI=1S/C14H20F3NO/c1-4-18-14(9(2)5-6-19-3)10-7-11(15)13(17)12(16)8-10/h7-9,14,18H,4-6H2,1-3H3. The van der Waals surface area contributed by atoms with E-state index in [0.29, 0.717) is 18.7 Å². The fourth-order valence-electron chi connectivity index (χ4n) is 2.09. The van der Waals surface area contributed by atoms with Crippen molar-refractivity contribution in [3.63, 3.8) is 0 Å². The molecular weight excluding hydrogens is 255 g/mol. The number of rotatable bonds is 7. The molecule has 2 atom stereocenters. The SMILES string of the molecule is CCNC(c1cc(F)c(F)c(F)c1)C(C)CCOC. The molecule has 0 aliphatic heterocycles. The average Bonchev–Trinajstić information content (AvgIpc) is 2.38. The Labute approximate surface area is 112 Å².